The Morgan fingerprint density at radius 1 is 1.25 bits per heavy atom. The number of hydrogen-bond donors (Lipinski definition) is 0. The van der Waals surface area contributed by atoms with E-state index in [9.17, 15) is 4.79 Å². The van der Waals surface area contributed by atoms with Crippen LogP contribution >= 0.6 is 11.8 Å². The minimum Gasteiger partial charge on any atom is -0.377 e. The third kappa shape index (κ3) is 8.39. The molecule has 0 aliphatic rings. The Hall–Kier alpha value is -0.800. The highest BCUT2D eigenvalue weighted by atomic mass is 32.2. The summed E-state index contributed by atoms with van der Waals surface area (Å²) in [5.74, 6) is 1.38. The fourth-order valence-corrected chi connectivity index (χ4v) is 2.79. The topological polar surface area (TPSA) is 26.3 Å². The van der Waals surface area contributed by atoms with E-state index in [1.165, 1.54) is 17.3 Å². The van der Waals surface area contributed by atoms with Crippen molar-refractivity contribution in [1.29, 1.82) is 0 Å². The molecule has 2 nitrogen and oxygen atoms in total. The smallest absolute Gasteiger partial charge is 0.189 e. The summed E-state index contributed by atoms with van der Waals surface area (Å²) in [6.45, 7) is 5.69. The molecule has 0 fully saturated rings. The van der Waals surface area contributed by atoms with Gasteiger partial charge in [-0.3, -0.25) is 4.79 Å². The van der Waals surface area contributed by atoms with Crippen molar-refractivity contribution in [1.82, 2.24) is 0 Å². The van der Waals surface area contributed by atoms with Gasteiger partial charge in [0.15, 0.2) is 5.12 Å². The molecule has 0 spiro atoms. The predicted octanol–water partition coefficient (Wildman–Crippen LogP) is 4.68. The molecule has 20 heavy (non-hydrogen) atoms. The van der Waals surface area contributed by atoms with E-state index in [1.54, 1.807) is 0 Å². The molecule has 0 aliphatic carbocycles. The Balaban J connectivity index is 1.98. The molecule has 0 aromatic heterocycles. The summed E-state index contributed by atoms with van der Waals surface area (Å²) in [6.07, 6.45) is 4.04. The van der Waals surface area contributed by atoms with Crippen LogP contribution in [0.3, 0.4) is 0 Å². The normalized spacial score (nSPS) is 12.3. The molecule has 0 saturated heterocycles. The molecule has 1 atom stereocenters. The average molecular weight is 294 g/mol. The second-order valence-electron chi connectivity index (χ2n) is 5.15. The maximum atomic E-state index is 11.5. The molecule has 1 aromatic carbocycles. The zero-order valence-corrected chi connectivity index (χ0v) is 13.5. The highest BCUT2D eigenvalue weighted by Crippen LogP contribution is 2.16. The number of carbonyl (C=O) groups excluding carboxylic acids is 1. The zero-order chi connectivity index (χ0) is 14.6. The SMILES string of the molecule is CCSC(=O)C[C@H](C)CCCCOCc1ccccc1. The van der Waals surface area contributed by atoms with E-state index in [-0.39, 0.29) is 0 Å². The van der Waals surface area contributed by atoms with Crippen molar-refractivity contribution in [3.05, 3.63) is 35.9 Å². The zero-order valence-electron chi connectivity index (χ0n) is 12.6. The molecule has 0 N–H and O–H groups in total. The molecule has 112 valence electrons. The lowest BCUT2D eigenvalue weighted by Crippen LogP contribution is -2.03. The van der Waals surface area contributed by atoms with Crippen molar-refractivity contribution >= 4 is 16.9 Å². The summed E-state index contributed by atoms with van der Waals surface area (Å²) in [5, 5.41) is 0.334. The van der Waals surface area contributed by atoms with Crippen LogP contribution in [0.5, 0.6) is 0 Å². The third-order valence-electron chi connectivity index (χ3n) is 3.17. The summed E-state index contributed by atoms with van der Waals surface area (Å²) in [6, 6.07) is 10.2. The molecule has 0 saturated carbocycles. The lowest BCUT2D eigenvalue weighted by atomic mass is 10.0. The van der Waals surface area contributed by atoms with Crippen molar-refractivity contribution < 1.29 is 9.53 Å². The molecule has 1 aromatic rings. The van der Waals surface area contributed by atoms with Crippen LogP contribution in [0.4, 0.5) is 0 Å². The van der Waals surface area contributed by atoms with E-state index < -0.39 is 0 Å². The fourth-order valence-electron chi connectivity index (χ4n) is 2.07. The Morgan fingerprint density at radius 3 is 2.70 bits per heavy atom. The molecule has 0 heterocycles. The quantitative estimate of drug-likeness (QED) is 0.586. The van der Waals surface area contributed by atoms with E-state index in [0.29, 0.717) is 24.1 Å². The van der Waals surface area contributed by atoms with Crippen LogP contribution in [0, 0.1) is 5.92 Å². The van der Waals surface area contributed by atoms with Crippen molar-refractivity contribution in [2.24, 2.45) is 5.92 Å². The molecular weight excluding hydrogens is 268 g/mol. The molecule has 0 aliphatic heterocycles. The van der Waals surface area contributed by atoms with Crippen LogP contribution in [-0.4, -0.2) is 17.5 Å². The van der Waals surface area contributed by atoms with Gasteiger partial charge in [0.2, 0.25) is 0 Å². The van der Waals surface area contributed by atoms with E-state index in [4.69, 9.17) is 4.74 Å². The molecule has 0 bridgehead atoms. The Kier molecular flexibility index (Phi) is 9.42. The van der Waals surface area contributed by atoms with Crippen molar-refractivity contribution in [3.63, 3.8) is 0 Å². The van der Waals surface area contributed by atoms with Gasteiger partial charge in [-0.05, 0) is 23.7 Å². The summed E-state index contributed by atoms with van der Waals surface area (Å²) < 4.78 is 5.65. The van der Waals surface area contributed by atoms with Crippen molar-refractivity contribution in [3.8, 4) is 0 Å². The van der Waals surface area contributed by atoms with Gasteiger partial charge in [0.05, 0.1) is 6.61 Å². The number of ether oxygens (including phenoxy) is 1. The number of hydrogen-bond acceptors (Lipinski definition) is 3. The molecule has 1 rings (SSSR count). The number of carbonyl (C=O) groups is 1. The van der Waals surface area contributed by atoms with Gasteiger partial charge in [-0.15, -0.1) is 0 Å². The van der Waals surface area contributed by atoms with Gasteiger partial charge in [-0.2, -0.15) is 0 Å². The van der Waals surface area contributed by atoms with Gasteiger partial charge in [0, 0.05) is 13.0 Å². The Morgan fingerprint density at radius 2 is 2.00 bits per heavy atom. The average Bonchev–Trinajstić information content (AvgIpc) is 2.44. The monoisotopic (exact) mass is 294 g/mol. The fraction of sp³-hybridized carbons (Fsp3) is 0.588. The number of thioether (sulfide) groups is 1. The largest absolute Gasteiger partial charge is 0.377 e. The predicted molar refractivity (Wildman–Crippen MR) is 86.9 cm³/mol. The van der Waals surface area contributed by atoms with Crippen LogP contribution in [0.2, 0.25) is 0 Å². The minimum atomic E-state index is 0.334. The third-order valence-corrected chi connectivity index (χ3v) is 3.94. The minimum absolute atomic E-state index is 0.334. The van der Waals surface area contributed by atoms with Crippen LogP contribution in [-0.2, 0) is 16.1 Å². The summed E-state index contributed by atoms with van der Waals surface area (Å²) in [7, 11) is 0. The number of unbranched alkanes of at least 4 members (excludes halogenated alkanes) is 1. The van der Waals surface area contributed by atoms with Gasteiger partial charge in [0.1, 0.15) is 0 Å². The van der Waals surface area contributed by atoms with Gasteiger partial charge in [0.25, 0.3) is 0 Å². The molecular formula is C17H26O2S. The van der Waals surface area contributed by atoms with E-state index in [0.717, 1.165) is 31.6 Å². The Labute approximate surface area is 127 Å². The standard InChI is InChI=1S/C17H26O2S/c1-3-20-17(18)13-15(2)9-7-8-12-19-14-16-10-5-4-6-11-16/h4-6,10-11,15H,3,7-9,12-14H2,1-2H3/t15-/m1/s1. The highest BCUT2D eigenvalue weighted by molar-refractivity contribution is 8.13. The van der Waals surface area contributed by atoms with E-state index in [1.807, 2.05) is 25.1 Å². The van der Waals surface area contributed by atoms with E-state index in [2.05, 4.69) is 19.1 Å². The first-order chi connectivity index (χ1) is 9.72. The first-order valence-corrected chi connectivity index (χ1v) is 8.48. The maximum absolute atomic E-state index is 11.5. The second kappa shape index (κ2) is 10.9. The molecule has 3 heteroatoms. The first-order valence-electron chi connectivity index (χ1n) is 7.49. The second-order valence-corrected chi connectivity index (χ2v) is 6.47. The van der Waals surface area contributed by atoms with Gasteiger partial charge in [-0.1, -0.05) is 68.8 Å². The number of rotatable bonds is 10. The molecule has 0 radical (unpaired) electrons. The first kappa shape index (κ1) is 17.3. The molecule has 0 unspecified atom stereocenters. The van der Waals surface area contributed by atoms with Crippen LogP contribution in [0.1, 0.15) is 45.1 Å². The van der Waals surface area contributed by atoms with Crippen LogP contribution < -0.4 is 0 Å². The lowest BCUT2D eigenvalue weighted by Gasteiger charge is -2.10. The van der Waals surface area contributed by atoms with Crippen molar-refractivity contribution in [2.75, 3.05) is 12.4 Å². The van der Waals surface area contributed by atoms with Gasteiger partial charge in [-0.25, -0.2) is 0 Å². The molecule has 0 amide bonds. The highest BCUT2D eigenvalue weighted by Gasteiger charge is 2.08. The van der Waals surface area contributed by atoms with Crippen molar-refractivity contribution in [2.45, 2.75) is 46.1 Å². The van der Waals surface area contributed by atoms with Crippen LogP contribution in [0.15, 0.2) is 30.3 Å². The lowest BCUT2D eigenvalue weighted by molar-refractivity contribution is -0.111. The van der Waals surface area contributed by atoms with E-state index >= 15 is 0 Å². The van der Waals surface area contributed by atoms with Gasteiger partial charge < -0.3 is 4.74 Å². The van der Waals surface area contributed by atoms with Gasteiger partial charge >= 0.3 is 0 Å². The summed E-state index contributed by atoms with van der Waals surface area (Å²) in [4.78, 5) is 11.5. The Bertz CT molecular complexity index is 365. The summed E-state index contributed by atoms with van der Waals surface area (Å²) >= 11 is 1.44. The van der Waals surface area contributed by atoms with Crippen LogP contribution in [0.25, 0.3) is 0 Å². The number of benzene rings is 1. The summed E-state index contributed by atoms with van der Waals surface area (Å²) in [5.41, 5.74) is 1.23. The maximum Gasteiger partial charge on any atom is 0.189 e.